The maximum absolute atomic E-state index is 13.4. The Morgan fingerprint density at radius 2 is 1.51 bits per heavy atom. The number of hydrogen-bond donors (Lipinski definition) is 1. The predicted molar refractivity (Wildman–Crippen MR) is 169 cm³/mol. The molecule has 1 heterocycles. The summed E-state index contributed by atoms with van der Waals surface area (Å²) in [5.41, 5.74) is 2.39. The van der Waals surface area contributed by atoms with Gasteiger partial charge >= 0.3 is 6.18 Å². The van der Waals surface area contributed by atoms with Gasteiger partial charge in [0.1, 0.15) is 18.1 Å². The number of benzene rings is 2. The highest BCUT2D eigenvalue weighted by molar-refractivity contribution is 8.93. The van der Waals surface area contributed by atoms with Crippen molar-refractivity contribution in [3.8, 4) is 5.75 Å². The Balaban J connectivity index is 0.000000913. The van der Waals surface area contributed by atoms with Crippen molar-refractivity contribution in [3.05, 3.63) is 64.7 Å². The topological polar surface area (TPSA) is 52.9 Å². The normalized spacial score (nSPS) is 18.5. The number of ketones is 1. The molecule has 1 aliphatic rings. The van der Waals surface area contributed by atoms with Gasteiger partial charge in [-0.25, -0.2) is 0 Å². The Morgan fingerprint density at radius 1 is 1.00 bits per heavy atom. The molecule has 0 bridgehead atoms. The summed E-state index contributed by atoms with van der Waals surface area (Å²) in [6, 6.07) is 13.7. The first-order valence-corrected chi connectivity index (χ1v) is 14.1. The van der Waals surface area contributed by atoms with Crippen LogP contribution in [0.25, 0.3) is 0 Å². The van der Waals surface area contributed by atoms with Crippen molar-refractivity contribution in [2.24, 2.45) is 16.8 Å². The highest BCUT2D eigenvalue weighted by Gasteiger charge is 2.37. The average Bonchev–Trinajstić information content (AvgIpc) is 3.10. The number of aliphatic imine (C=N–C) groups is 1. The molecule has 0 aliphatic carbocycles. The van der Waals surface area contributed by atoms with Crippen molar-refractivity contribution in [2.45, 2.75) is 92.2 Å². The van der Waals surface area contributed by atoms with E-state index < -0.39 is 12.7 Å². The molecule has 230 valence electrons. The molecule has 41 heavy (non-hydrogen) atoms. The van der Waals surface area contributed by atoms with Crippen LogP contribution in [0.3, 0.4) is 0 Å². The Bertz CT molecular complexity index is 1130. The number of nitrogens with zero attached hydrogens (tertiary/aromatic N) is 2. The van der Waals surface area contributed by atoms with Gasteiger partial charge in [-0.15, -0.1) is 17.0 Å². The van der Waals surface area contributed by atoms with E-state index in [4.69, 9.17) is 0 Å². The number of halogens is 4. The molecule has 1 unspecified atom stereocenters. The lowest BCUT2D eigenvalue weighted by Gasteiger charge is -2.28. The smallest absolute Gasteiger partial charge is 0.408 e. The van der Waals surface area contributed by atoms with Crippen LogP contribution in [-0.2, 0) is 10.8 Å². The standard InChI is InChI=1S/C26H39F3N2O2.C7H8.BrH/c1-9-10-17-13-31(23(16(17)2)30-15-26(27,28)29)14-21(32)18-11-19(24(3,4)5)22(33)20(12-18)25(6,7)8;1-7-5-3-2-4-6-7;/h11-12,16-17,33H,9-10,13-15H2,1-8H3;2-6H,1H3;1H/t16?,17-;;/m0../s1. The third-order valence-corrected chi connectivity index (χ3v) is 7.30. The minimum Gasteiger partial charge on any atom is -0.507 e. The number of hydrogen-bond acceptors (Lipinski definition) is 3. The van der Waals surface area contributed by atoms with Crippen molar-refractivity contribution >= 4 is 28.6 Å². The van der Waals surface area contributed by atoms with Crippen LogP contribution in [0.1, 0.15) is 95.3 Å². The van der Waals surface area contributed by atoms with Crippen LogP contribution in [0.15, 0.2) is 47.5 Å². The molecule has 1 fully saturated rings. The monoisotopic (exact) mass is 640 g/mol. The first kappa shape index (κ1) is 36.7. The van der Waals surface area contributed by atoms with E-state index in [2.05, 4.69) is 24.0 Å². The summed E-state index contributed by atoms with van der Waals surface area (Å²) in [4.78, 5) is 19.0. The van der Waals surface area contributed by atoms with Crippen LogP contribution in [0, 0.1) is 18.8 Å². The van der Waals surface area contributed by atoms with Gasteiger partial charge in [-0.1, -0.05) is 97.7 Å². The van der Waals surface area contributed by atoms with Crippen molar-refractivity contribution in [3.63, 3.8) is 0 Å². The van der Waals surface area contributed by atoms with Gasteiger partial charge in [0, 0.05) is 29.2 Å². The van der Waals surface area contributed by atoms with Gasteiger partial charge in [-0.3, -0.25) is 9.79 Å². The van der Waals surface area contributed by atoms with Gasteiger partial charge in [0.15, 0.2) is 5.78 Å². The maximum atomic E-state index is 13.4. The van der Waals surface area contributed by atoms with E-state index in [9.17, 15) is 23.1 Å². The summed E-state index contributed by atoms with van der Waals surface area (Å²) in [6.07, 6.45) is -2.59. The van der Waals surface area contributed by atoms with Gasteiger partial charge in [0.2, 0.25) is 0 Å². The number of carbonyl (C=O) groups excluding carboxylic acids is 1. The second-order valence-corrected chi connectivity index (χ2v) is 13.0. The number of alkyl halides is 3. The van der Waals surface area contributed by atoms with Crippen molar-refractivity contribution < 1.29 is 23.1 Å². The van der Waals surface area contributed by atoms with Gasteiger partial charge in [0.25, 0.3) is 0 Å². The predicted octanol–water partition coefficient (Wildman–Crippen LogP) is 9.07. The Morgan fingerprint density at radius 3 is 1.90 bits per heavy atom. The molecule has 4 nitrogen and oxygen atoms in total. The third-order valence-electron chi connectivity index (χ3n) is 7.30. The second kappa shape index (κ2) is 14.7. The van der Waals surface area contributed by atoms with E-state index in [1.807, 2.05) is 73.6 Å². The number of likely N-dealkylation sites (tertiary alicyclic amines) is 1. The summed E-state index contributed by atoms with van der Waals surface area (Å²) in [5, 5.41) is 10.9. The molecule has 1 saturated heterocycles. The molecular formula is C33H48BrF3N2O2. The van der Waals surface area contributed by atoms with Crippen LogP contribution in [0.2, 0.25) is 0 Å². The zero-order chi connectivity index (χ0) is 30.5. The molecule has 0 amide bonds. The van der Waals surface area contributed by atoms with Crippen LogP contribution in [-0.4, -0.2) is 47.4 Å². The van der Waals surface area contributed by atoms with E-state index in [1.165, 1.54) is 5.56 Å². The molecule has 1 N–H and O–H groups in total. The SMILES string of the molecule is Br.CCC[C@H]1CN(CC(=O)c2cc(C(C)(C)C)c(O)c(C(C)(C)C)c2)C(=NCC(F)(F)F)C1C.Cc1ccccc1. The van der Waals surface area contributed by atoms with E-state index in [-0.39, 0.29) is 57.7 Å². The number of phenolic OH excluding ortho intramolecular Hbond substituents is 1. The zero-order valence-electron chi connectivity index (χ0n) is 26.0. The lowest BCUT2D eigenvalue weighted by atomic mass is 9.78. The molecule has 3 rings (SSSR count). The first-order chi connectivity index (χ1) is 18.3. The van der Waals surface area contributed by atoms with Crippen LogP contribution < -0.4 is 0 Å². The molecule has 1 aliphatic heterocycles. The molecule has 0 aromatic heterocycles. The van der Waals surface area contributed by atoms with Crippen LogP contribution in [0.4, 0.5) is 13.2 Å². The molecule has 0 radical (unpaired) electrons. The number of amidine groups is 1. The number of aryl methyl sites for hydroxylation is 1. The Kier molecular flexibility index (Phi) is 13.2. The number of phenols is 1. The van der Waals surface area contributed by atoms with Crippen molar-refractivity contribution in [1.82, 2.24) is 4.90 Å². The minimum atomic E-state index is -4.38. The van der Waals surface area contributed by atoms with E-state index in [0.29, 0.717) is 29.1 Å². The summed E-state index contributed by atoms with van der Waals surface area (Å²) in [7, 11) is 0. The van der Waals surface area contributed by atoms with E-state index in [1.54, 1.807) is 17.0 Å². The summed E-state index contributed by atoms with van der Waals surface area (Å²) in [5.74, 6) is 0.414. The Hall–Kier alpha value is -2.35. The summed E-state index contributed by atoms with van der Waals surface area (Å²) in [6.45, 7) is 17.1. The fourth-order valence-corrected chi connectivity index (χ4v) is 5.04. The molecule has 2 aromatic rings. The number of carbonyl (C=O) groups is 1. The van der Waals surface area contributed by atoms with E-state index >= 15 is 0 Å². The van der Waals surface area contributed by atoms with Crippen LogP contribution in [0.5, 0.6) is 5.75 Å². The van der Waals surface area contributed by atoms with Crippen molar-refractivity contribution in [1.29, 1.82) is 0 Å². The molecule has 8 heteroatoms. The molecule has 0 spiro atoms. The largest absolute Gasteiger partial charge is 0.507 e. The van der Waals surface area contributed by atoms with Crippen LogP contribution >= 0.6 is 17.0 Å². The first-order valence-electron chi connectivity index (χ1n) is 14.1. The fourth-order valence-electron chi connectivity index (χ4n) is 5.04. The minimum absolute atomic E-state index is 0. The molecule has 2 aromatic carbocycles. The summed E-state index contributed by atoms with van der Waals surface area (Å²) < 4.78 is 38.6. The highest BCUT2D eigenvalue weighted by Crippen LogP contribution is 2.40. The zero-order valence-corrected chi connectivity index (χ0v) is 27.7. The van der Waals surface area contributed by atoms with Gasteiger partial charge in [-0.05, 0) is 42.2 Å². The fraction of sp³-hybridized carbons (Fsp3) is 0.576. The van der Waals surface area contributed by atoms with Gasteiger partial charge in [-0.2, -0.15) is 13.2 Å². The van der Waals surface area contributed by atoms with E-state index in [0.717, 1.165) is 12.8 Å². The molecular weight excluding hydrogens is 593 g/mol. The van der Waals surface area contributed by atoms with Gasteiger partial charge in [0.05, 0.1) is 6.54 Å². The lowest BCUT2D eigenvalue weighted by molar-refractivity contribution is -0.118. The third kappa shape index (κ3) is 10.8. The number of aromatic hydroxyl groups is 1. The highest BCUT2D eigenvalue weighted by atomic mass is 79.9. The lowest BCUT2D eigenvalue weighted by Crippen LogP contribution is -2.34. The Labute approximate surface area is 255 Å². The second-order valence-electron chi connectivity index (χ2n) is 13.0. The number of rotatable bonds is 6. The van der Waals surface area contributed by atoms with Gasteiger partial charge < -0.3 is 10.0 Å². The molecule has 0 saturated carbocycles. The number of Topliss-reactive ketones (excluding diaryl/α,β-unsaturated/α-hetero) is 1. The molecule has 2 atom stereocenters. The average molecular weight is 642 g/mol. The quantitative estimate of drug-likeness (QED) is 0.320. The van der Waals surface area contributed by atoms with Crippen molar-refractivity contribution in [2.75, 3.05) is 19.6 Å². The summed E-state index contributed by atoms with van der Waals surface area (Å²) >= 11 is 0. The maximum Gasteiger partial charge on any atom is 0.408 e.